The summed E-state index contributed by atoms with van der Waals surface area (Å²) >= 11 is 0. The molecule has 0 radical (unpaired) electrons. The van der Waals surface area contributed by atoms with E-state index in [1.807, 2.05) is 0 Å². The summed E-state index contributed by atoms with van der Waals surface area (Å²) in [5.74, 6) is 0.545. The Morgan fingerprint density at radius 2 is 1.87 bits per heavy atom. The molecular formula is C21H17F3N4O3. The van der Waals surface area contributed by atoms with E-state index < -0.39 is 24.2 Å². The number of fused-ring (bicyclic) bond motifs is 2. The van der Waals surface area contributed by atoms with Crippen LogP contribution in [0.1, 0.15) is 34.6 Å². The van der Waals surface area contributed by atoms with Crippen LogP contribution in [-0.4, -0.2) is 28.7 Å². The van der Waals surface area contributed by atoms with Gasteiger partial charge in [-0.25, -0.2) is 4.68 Å². The standard InChI is InChI=1S/C21H17F3N4O3/c22-21(23,24)18-9-14(12-4-2-1-3-5-12)26-19-10-15(27-28(18)19)20(29)25-13-6-7-16-17(8-13)31-11-30-16/h1-8,10,14,18,26H,9,11H2,(H,25,29)/t14-,18+/m0/s1. The molecule has 2 aliphatic heterocycles. The van der Waals surface area contributed by atoms with E-state index in [2.05, 4.69) is 15.7 Å². The SMILES string of the molecule is O=C(Nc1ccc2c(c1)OCO2)c1cc2n(n1)[C@@H](C(F)(F)F)C[C@@H](c1ccccc1)N2. The molecule has 31 heavy (non-hydrogen) atoms. The molecule has 3 heterocycles. The maximum absolute atomic E-state index is 13.8. The Morgan fingerprint density at radius 3 is 2.65 bits per heavy atom. The van der Waals surface area contributed by atoms with E-state index in [-0.39, 0.29) is 24.7 Å². The lowest BCUT2D eigenvalue weighted by Gasteiger charge is -2.33. The first-order valence-electron chi connectivity index (χ1n) is 9.57. The molecule has 0 bridgehead atoms. The first-order valence-corrected chi connectivity index (χ1v) is 9.57. The number of carbonyl (C=O) groups is 1. The van der Waals surface area contributed by atoms with Crippen molar-refractivity contribution < 1.29 is 27.4 Å². The molecule has 1 aromatic heterocycles. The van der Waals surface area contributed by atoms with E-state index in [0.29, 0.717) is 17.2 Å². The van der Waals surface area contributed by atoms with Crippen molar-refractivity contribution in [3.8, 4) is 11.5 Å². The minimum absolute atomic E-state index is 0.0909. The number of halogens is 3. The second kappa shape index (κ2) is 7.22. The van der Waals surface area contributed by atoms with Gasteiger partial charge in [0.25, 0.3) is 5.91 Å². The van der Waals surface area contributed by atoms with Gasteiger partial charge in [-0.2, -0.15) is 18.3 Å². The van der Waals surface area contributed by atoms with Gasteiger partial charge in [0.05, 0.1) is 6.04 Å². The van der Waals surface area contributed by atoms with Crippen molar-refractivity contribution in [1.29, 1.82) is 0 Å². The number of anilines is 2. The Kier molecular flexibility index (Phi) is 4.49. The second-order valence-corrected chi connectivity index (χ2v) is 7.28. The third kappa shape index (κ3) is 3.65. The van der Waals surface area contributed by atoms with Crippen molar-refractivity contribution in [3.05, 3.63) is 65.9 Å². The van der Waals surface area contributed by atoms with Crippen LogP contribution in [0, 0.1) is 0 Å². The maximum atomic E-state index is 13.8. The van der Waals surface area contributed by atoms with Crippen LogP contribution < -0.4 is 20.1 Å². The molecule has 2 aromatic carbocycles. The quantitative estimate of drug-likeness (QED) is 0.639. The molecule has 3 aromatic rings. The first kappa shape index (κ1) is 19.3. The maximum Gasteiger partial charge on any atom is 0.410 e. The average molecular weight is 430 g/mol. The van der Waals surface area contributed by atoms with Crippen molar-refractivity contribution in [2.45, 2.75) is 24.7 Å². The Balaban J connectivity index is 1.42. The predicted octanol–water partition coefficient (Wildman–Crippen LogP) is 4.52. The lowest BCUT2D eigenvalue weighted by Crippen LogP contribution is -2.35. The van der Waals surface area contributed by atoms with Crippen molar-refractivity contribution in [1.82, 2.24) is 9.78 Å². The number of nitrogens with zero attached hydrogens (tertiary/aromatic N) is 2. The fraction of sp³-hybridized carbons (Fsp3) is 0.238. The number of amides is 1. The van der Waals surface area contributed by atoms with Crippen LogP contribution in [0.5, 0.6) is 11.5 Å². The van der Waals surface area contributed by atoms with E-state index in [1.54, 1.807) is 48.5 Å². The van der Waals surface area contributed by atoms with Gasteiger partial charge in [0.15, 0.2) is 23.2 Å². The summed E-state index contributed by atoms with van der Waals surface area (Å²) in [7, 11) is 0. The summed E-state index contributed by atoms with van der Waals surface area (Å²) in [4.78, 5) is 12.7. The molecule has 160 valence electrons. The zero-order valence-electron chi connectivity index (χ0n) is 16.0. The molecule has 0 aliphatic carbocycles. The highest BCUT2D eigenvalue weighted by atomic mass is 19.4. The molecule has 2 aliphatic rings. The van der Waals surface area contributed by atoms with Crippen LogP contribution >= 0.6 is 0 Å². The number of nitrogens with one attached hydrogen (secondary N) is 2. The highest BCUT2D eigenvalue weighted by molar-refractivity contribution is 6.03. The number of hydrogen-bond acceptors (Lipinski definition) is 5. The van der Waals surface area contributed by atoms with E-state index in [4.69, 9.17) is 9.47 Å². The number of rotatable bonds is 3. The van der Waals surface area contributed by atoms with Gasteiger partial charge < -0.3 is 20.1 Å². The van der Waals surface area contributed by atoms with Crippen LogP contribution in [0.25, 0.3) is 0 Å². The zero-order chi connectivity index (χ0) is 21.6. The third-order valence-electron chi connectivity index (χ3n) is 5.25. The molecule has 0 saturated carbocycles. The average Bonchev–Trinajstić information content (AvgIpc) is 3.39. The number of hydrogen-bond donors (Lipinski definition) is 2. The molecule has 1 amide bonds. The normalized spacial score (nSPS) is 19.5. The Bertz CT molecular complexity index is 1130. The van der Waals surface area contributed by atoms with Crippen LogP contribution in [0.2, 0.25) is 0 Å². The van der Waals surface area contributed by atoms with Gasteiger partial charge in [0, 0.05) is 24.2 Å². The molecule has 0 unspecified atom stereocenters. The minimum atomic E-state index is -4.51. The number of aromatic nitrogens is 2. The van der Waals surface area contributed by atoms with Crippen LogP contribution in [-0.2, 0) is 0 Å². The molecule has 7 nitrogen and oxygen atoms in total. The largest absolute Gasteiger partial charge is 0.454 e. The van der Waals surface area contributed by atoms with Gasteiger partial charge in [-0.15, -0.1) is 0 Å². The molecule has 2 atom stereocenters. The molecule has 5 rings (SSSR count). The molecule has 2 N–H and O–H groups in total. The van der Waals surface area contributed by atoms with Crippen molar-refractivity contribution in [3.63, 3.8) is 0 Å². The van der Waals surface area contributed by atoms with Crippen molar-refractivity contribution >= 4 is 17.4 Å². The van der Waals surface area contributed by atoms with Gasteiger partial charge in [0.2, 0.25) is 6.79 Å². The molecule has 0 saturated heterocycles. The van der Waals surface area contributed by atoms with Crippen LogP contribution in [0.4, 0.5) is 24.7 Å². The summed E-state index contributed by atoms with van der Waals surface area (Å²) in [5.41, 5.74) is 1.03. The number of carbonyl (C=O) groups excluding carboxylic acids is 1. The van der Waals surface area contributed by atoms with Gasteiger partial charge in [-0.3, -0.25) is 4.79 Å². The summed E-state index contributed by atoms with van der Waals surface area (Å²) in [6, 6.07) is 12.7. The Labute approximate surface area is 174 Å². The number of alkyl halides is 3. The fourth-order valence-electron chi connectivity index (χ4n) is 3.76. The third-order valence-corrected chi connectivity index (χ3v) is 5.25. The van der Waals surface area contributed by atoms with Gasteiger partial charge >= 0.3 is 6.18 Å². The van der Waals surface area contributed by atoms with E-state index in [9.17, 15) is 18.0 Å². The van der Waals surface area contributed by atoms with Crippen molar-refractivity contribution in [2.75, 3.05) is 17.4 Å². The molecule has 0 fully saturated rings. The monoisotopic (exact) mass is 430 g/mol. The van der Waals surface area contributed by atoms with E-state index in [0.717, 1.165) is 10.2 Å². The topological polar surface area (TPSA) is 77.4 Å². The van der Waals surface area contributed by atoms with Crippen molar-refractivity contribution in [2.24, 2.45) is 0 Å². The molecule has 10 heteroatoms. The zero-order valence-corrected chi connectivity index (χ0v) is 16.0. The van der Waals surface area contributed by atoms with E-state index in [1.165, 1.54) is 6.07 Å². The Hall–Kier alpha value is -3.69. The minimum Gasteiger partial charge on any atom is -0.454 e. The highest BCUT2D eigenvalue weighted by Gasteiger charge is 2.46. The first-order chi connectivity index (χ1) is 14.9. The van der Waals surface area contributed by atoms with Crippen LogP contribution in [0.3, 0.4) is 0 Å². The predicted molar refractivity (Wildman–Crippen MR) is 105 cm³/mol. The van der Waals surface area contributed by atoms with Gasteiger partial charge in [0.1, 0.15) is 5.82 Å². The summed E-state index contributed by atoms with van der Waals surface area (Å²) in [6.45, 7) is 0.0909. The lowest BCUT2D eigenvalue weighted by atomic mass is 9.97. The summed E-state index contributed by atoms with van der Waals surface area (Å²) in [5, 5.41) is 9.67. The summed E-state index contributed by atoms with van der Waals surface area (Å²) < 4.78 is 52.7. The lowest BCUT2D eigenvalue weighted by molar-refractivity contribution is -0.173. The highest BCUT2D eigenvalue weighted by Crippen LogP contribution is 2.43. The number of ether oxygens (including phenoxy) is 2. The van der Waals surface area contributed by atoms with Gasteiger partial charge in [-0.1, -0.05) is 30.3 Å². The Morgan fingerprint density at radius 1 is 1.10 bits per heavy atom. The van der Waals surface area contributed by atoms with E-state index >= 15 is 0 Å². The van der Waals surface area contributed by atoms with Crippen LogP contribution in [0.15, 0.2) is 54.6 Å². The molecular weight excluding hydrogens is 413 g/mol. The summed E-state index contributed by atoms with van der Waals surface area (Å²) in [6.07, 6.45) is -4.74. The van der Waals surface area contributed by atoms with Gasteiger partial charge in [-0.05, 0) is 17.7 Å². The second-order valence-electron chi connectivity index (χ2n) is 7.28. The fourth-order valence-corrected chi connectivity index (χ4v) is 3.76. The molecule has 0 spiro atoms. The number of benzene rings is 2. The smallest absolute Gasteiger partial charge is 0.410 e.